The lowest BCUT2D eigenvalue weighted by Crippen LogP contribution is -2.39. The van der Waals surface area contributed by atoms with Crippen LogP contribution in [0.15, 0.2) is 32.8 Å². The monoisotopic (exact) mass is 423 g/mol. The predicted molar refractivity (Wildman–Crippen MR) is 115 cm³/mol. The van der Waals surface area contributed by atoms with Gasteiger partial charge in [-0.1, -0.05) is 11.8 Å². The van der Waals surface area contributed by atoms with E-state index in [1.54, 1.807) is 23.1 Å². The van der Waals surface area contributed by atoms with Crippen LogP contribution >= 0.6 is 35.5 Å². The number of halogens is 1. The van der Waals surface area contributed by atoms with Crippen LogP contribution in [0.1, 0.15) is 43.4 Å². The van der Waals surface area contributed by atoms with E-state index in [-0.39, 0.29) is 18.3 Å². The van der Waals surface area contributed by atoms with Gasteiger partial charge in [-0.25, -0.2) is 4.98 Å². The summed E-state index contributed by atoms with van der Waals surface area (Å²) in [5, 5.41) is 8.83. The van der Waals surface area contributed by atoms with Gasteiger partial charge in [0, 0.05) is 40.2 Å². The minimum Gasteiger partial charge on any atom is -0.326 e. The van der Waals surface area contributed by atoms with Crippen molar-refractivity contribution in [2.24, 2.45) is 5.92 Å². The Morgan fingerprint density at radius 2 is 2.04 bits per heavy atom. The maximum absolute atomic E-state index is 12.5. The SMILES string of the molecule is Cc1csc(Sc2ccc(NC(=O)CC3CC4CCC(C3)N4)c(C)c2)n1.Cl. The molecule has 4 rings (SSSR count). The van der Waals surface area contributed by atoms with Crippen molar-refractivity contribution in [1.82, 2.24) is 10.3 Å². The molecule has 4 nitrogen and oxygen atoms in total. The van der Waals surface area contributed by atoms with Crippen LogP contribution in [0.3, 0.4) is 0 Å². The van der Waals surface area contributed by atoms with Crippen LogP contribution in [-0.4, -0.2) is 23.0 Å². The number of rotatable bonds is 5. The van der Waals surface area contributed by atoms with Crippen molar-refractivity contribution in [1.29, 1.82) is 0 Å². The lowest BCUT2D eigenvalue weighted by Gasteiger charge is -2.28. The van der Waals surface area contributed by atoms with E-state index in [9.17, 15) is 4.79 Å². The smallest absolute Gasteiger partial charge is 0.224 e. The summed E-state index contributed by atoms with van der Waals surface area (Å²) in [4.78, 5) is 18.2. The van der Waals surface area contributed by atoms with Crippen molar-refractivity contribution in [3.05, 3.63) is 34.8 Å². The lowest BCUT2D eigenvalue weighted by molar-refractivity contribution is -0.117. The second kappa shape index (κ2) is 8.95. The number of carbonyl (C=O) groups is 1. The number of hydrogen-bond acceptors (Lipinski definition) is 5. The highest BCUT2D eigenvalue weighted by molar-refractivity contribution is 8.01. The highest BCUT2D eigenvalue weighted by atomic mass is 35.5. The molecule has 2 saturated heterocycles. The van der Waals surface area contributed by atoms with Crippen LogP contribution in [0.25, 0.3) is 0 Å². The van der Waals surface area contributed by atoms with Gasteiger partial charge in [-0.3, -0.25) is 4.79 Å². The van der Waals surface area contributed by atoms with E-state index in [0.29, 0.717) is 24.4 Å². The summed E-state index contributed by atoms with van der Waals surface area (Å²) in [7, 11) is 0. The zero-order chi connectivity index (χ0) is 18.1. The molecule has 2 atom stereocenters. The summed E-state index contributed by atoms with van der Waals surface area (Å²) in [5.41, 5.74) is 3.08. The quantitative estimate of drug-likeness (QED) is 0.694. The van der Waals surface area contributed by atoms with Crippen molar-refractivity contribution < 1.29 is 4.79 Å². The Labute approximate surface area is 175 Å². The van der Waals surface area contributed by atoms with Gasteiger partial charge in [0.2, 0.25) is 5.91 Å². The molecule has 2 aliphatic heterocycles. The first-order valence-corrected chi connectivity index (χ1v) is 11.0. The molecule has 0 aliphatic carbocycles. The molecule has 0 spiro atoms. The molecule has 146 valence electrons. The van der Waals surface area contributed by atoms with Crippen LogP contribution in [0.5, 0.6) is 0 Å². The number of carbonyl (C=O) groups excluding carboxylic acids is 1. The van der Waals surface area contributed by atoms with Gasteiger partial charge in [0.25, 0.3) is 0 Å². The zero-order valence-electron chi connectivity index (χ0n) is 15.7. The third-order valence-electron chi connectivity index (χ3n) is 5.32. The Hall–Kier alpha value is -1.08. The van der Waals surface area contributed by atoms with Gasteiger partial charge in [-0.15, -0.1) is 23.7 Å². The van der Waals surface area contributed by atoms with Gasteiger partial charge in [-0.2, -0.15) is 0 Å². The van der Waals surface area contributed by atoms with Crippen LogP contribution < -0.4 is 10.6 Å². The van der Waals surface area contributed by atoms with E-state index < -0.39 is 0 Å². The van der Waals surface area contributed by atoms with Crippen LogP contribution in [0.4, 0.5) is 5.69 Å². The third kappa shape index (κ3) is 5.25. The summed E-state index contributed by atoms with van der Waals surface area (Å²) in [5.74, 6) is 0.673. The van der Waals surface area contributed by atoms with Gasteiger partial charge in [0.15, 0.2) is 4.34 Å². The predicted octanol–water partition coefficient (Wildman–Crippen LogP) is 5.19. The highest BCUT2D eigenvalue weighted by Gasteiger charge is 2.34. The third-order valence-corrected chi connectivity index (χ3v) is 7.37. The van der Waals surface area contributed by atoms with E-state index in [2.05, 4.69) is 40.1 Å². The van der Waals surface area contributed by atoms with Crippen molar-refractivity contribution in [3.8, 4) is 0 Å². The molecule has 0 radical (unpaired) electrons. The molecular formula is C20H26ClN3OS2. The van der Waals surface area contributed by atoms with Crippen LogP contribution in [0.2, 0.25) is 0 Å². The Morgan fingerprint density at radius 1 is 1.30 bits per heavy atom. The molecule has 7 heteroatoms. The summed E-state index contributed by atoms with van der Waals surface area (Å²) in [6.07, 6.45) is 5.49. The van der Waals surface area contributed by atoms with Crippen molar-refractivity contribution in [2.75, 3.05) is 5.32 Å². The number of aromatic nitrogens is 1. The average Bonchev–Trinajstić information content (AvgIpc) is 3.15. The number of thiazole rings is 1. The number of nitrogens with one attached hydrogen (secondary N) is 2. The summed E-state index contributed by atoms with van der Waals surface area (Å²) in [6.45, 7) is 4.07. The number of fused-ring (bicyclic) bond motifs is 2. The number of benzene rings is 1. The molecule has 2 unspecified atom stereocenters. The number of anilines is 1. The first-order valence-electron chi connectivity index (χ1n) is 9.31. The topological polar surface area (TPSA) is 54.0 Å². The number of hydrogen-bond donors (Lipinski definition) is 2. The molecule has 2 bridgehead atoms. The maximum atomic E-state index is 12.5. The van der Waals surface area contributed by atoms with Crippen LogP contribution in [0, 0.1) is 19.8 Å². The molecule has 2 fully saturated rings. The fourth-order valence-corrected chi connectivity index (χ4v) is 6.03. The minimum absolute atomic E-state index is 0. The first kappa shape index (κ1) is 20.6. The first-order chi connectivity index (χ1) is 12.5. The number of amides is 1. The lowest BCUT2D eigenvalue weighted by atomic mass is 9.89. The molecule has 2 aromatic rings. The second-order valence-electron chi connectivity index (χ2n) is 7.56. The Morgan fingerprint density at radius 3 is 2.67 bits per heavy atom. The molecule has 2 aliphatic rings. The van der Waals surface area contributed by atoms with Crippen molar-refractivity contribution in [2.45, 2.75) is 67.3 Å². The fraction of sp³-hybridized carbons (Fsp3) is 0.500. The van der Waals surface area contributed by atoms with Crippen molar-refractivity contribution >= 4 is 47.1 Å². The van der Waals surface area contributed by atoms with Crippen molar-refractivity contribution in [3.63, 3.8) is 0 Å². The number of aryl methyl sites for hydroxylation is 2. The molecular weight excluding hydrogens is 398 g/mol. The second-order valence-corrected chi connectivity index (χ2v) is 9.74. The Balaban J connectivity index is 0.00000210. The summed E-state index contributed by atoms with van der Waals surface area (Å²) >= 11 is 3.34. The highest BCUT2D eigenvalue weighted by Crippen LogP contribution is 2.34. The van der Waals surface area contributed by atoms with Gasteiger partial charge < -0.3 is 10.6 Å². The Bertz CT molecular complexity index is 798. The van der Waals surface area contributed by atoms with Gasteiger partial charge >= 0.3 is 0 Å². The van der Waals surface area contributed by atoms with E-state index in [4.69, 9.17) is 0 Å². The molecule has 3 heterocycles. The molecule has 1 aromatic heterocycles. The Kier molecular flexibility index (Phi) is 6.84. The maximum Gasteiger partial charge on any atom is 0.224 e. The molecule has 27 heavy (non-hydrogen) atoms. The normalized spacial score (nSPS) is 23.7. The summed E-state index contributed by atoms with van der Waals surface area (Å²) in [6, 6.07) is 7.48. The zero-order valence-corrected chi connectivity index (χ0v) is 18.1. The largest absolute Gasteiger partial charge is 0.326 e. The minimum atomic E-state index is 0. The fourth-order valence-electron chi connectivity index (χ4n) is 4.13. The van der Waals surface area contributed by atoms with Crippen LogP contribution in [-0.2, 0) is 4.79 Å². The average molecular weight is 424 g/mol. The van der Waals surface area contributed by atoms with E-state index >= 15 is 0 Å². The van der Waals surface area contributed by atoms with Gasteiger partial charge in [-0.05, 0) is 69.2 Å². The summed E-state index contributed by atoms with van der Waals surface area (Å²) < 4.78 is 1.05. The molecule has 1 amide bonds. The van der Waals surface area contributed by atoms with E-state index in [0.717, 1.165) is 39.0 Å². The van der Waals surface area contributed by atoms with E-state index in [1.807, 2.05) is 13.0 Å². The molecule has 2 N–H and O–H groups in total. The van der Waals surface area contributed by atoms with Gasteiger partial charge in [0.1, 0.15) is 0 Å². The molecule has 1 aromatic carbocycles. The molecule has 0 saturated carbocycles. The van der Waals surface area contributed by atoms with Gasteiger partial charge in [0.05, 0.1) is 0 Å². The number of nitrogens with zero attached hydrogens (tertiary/aromatic N) is 1. The van der Waals surface area contributed by atoms with E-state index in [1.165, 1.54) is 12.8 Å². The number of piperidine rings is 1. The standard InChI is InChI=1S/C20H25N3OS2.ClH/c1-12-7-17(26-20-21-13(2)11-25-20)5-6-18(12)23-19(24)10-14-8-15-3-4-16(9-14)22-15;/h5-7,11,14-16,22H,3-4,8-10H2,1-2H3,(H,23,24);1H.